The van der Waals surface area contributed by atoms with Gasteiger partial charge >= 0.3 is 0 Å². The Balaban J connectivity index is 2.41. The zero-order valence-electron chi connectivity index (χ0n) is 10.6. The average Bonchev–Trinajstić information content (AvgIpc) is 2.43. The lowest BCUT2D eigenvalue weighted by molar-refractivity contribution is 0.601. The van der Waals surface area contributed by atoms with Gasteiger partial charge in [0.25, 0.3) is 10.0 Å². The molecule has 0 bridgehead atoms. The molecule has 0 saturated heterocycles. The van der Waals surface area contributed by atoms with Crippen molar-refractivity contribution in [1.82, 2.24) is 0 Å². The molecule has 112 valence electrons. The summed E-state index contributed by atoms with van der Waals surface area (Å²) in [5.74, 6) is -0.601. The Morgan fingerprint density at radius 3 is 2.43 bits per heavy atom. The highest BCUT2D eigenvalue weighted by atomic mass is 35.5. The first-order chi connectivity index (χ1) is 9.83. The molecule has 2 rings (SSSR count). The second-order valence-electron chi connectivity index (χ2n) is 4.19. The van der Waals surface area contributed by atoms with Crippen molar-refractivity contribution in [1.29, 1.82) is 0 Å². The lowest BCUT2D eigenvalue weighted by Crippen LogP contribution is -2.14. The maximum Gasteiger partial charge on any atom is 0.261 e. The monoisotopic (exact) mass is 348 g/mol. The standard InChI is InChI=1S/C13H11Cl2FN2O2S/c14-11-4-2-10(5-8(11)7-17)21(19,20)18-13-6-9(16)1-3-12(13)15/h1-6,18H,7,17H2. The summed E-state index contributed by atoms with van der Waals surface area (Å²) >= 11 is 11.7. The number of hydrogen-bond acceptors (Lipinski definition) is 3. The largest absolute Gasteiger partial charge is 0.326 e. The number of anilines is 1. The van der Waals surface area contributed by atoms with Crippen LogP contribution in [0.4, 0.5) is 10.1 Å². The molecule has 0 radical (unpaired) electrons. The van der Waals surface area contributed by atoms with Gasteiger partial charge in [0.2, 0.25) is 0 Å². The first-order valence-corrected chi connectivity index (χ1v) is 8.04. The first kappa shape index (κ1) is 16.0. The highest BCUT2D eigenvalue weighted by molar-refractivity contribution is 7.92. The number of benzene rings is 2. The molecule has 0 aliphatic carbocycles. The Morgan fingerprint density at radius 1 is 1.10 bits per heavy atom. The zero-order valence-corrected chi connectivity index (χ0v) is 12.9. The van der Waals surface area contributed by atoms with Crippen molar-refractivity contribution in [2.45, 2.75) is 11.4 Å². The van der Waals surface area contributed by atoms with Crippen LogP contribution in [0.15, 0.2) is 41.3 Å². The summed E-state index contributed by atoms with van der Waals surface area (Å²) in [7, 11) is -3.92. The van der Waals surface area contributed by atoms with Crippen LogP contribution in [-0.2, 0) is 16.6 Å². The summed E-state index contributed by atoms with van der Waals surface area (Å²) in [5.41, 5.74) is 5.94. The maximum atomic E-state index is 13.2. The predicted octanol–water partition coefficient (Wildman–Crippen LogP) is 3.39. The van der Waals surface area contributed by atoms with Crippen LogP contribution in [0.2, 0.25) is 10.0 Å². The van der Waals surface area contributed by atoms with Crippen LogP contribution >= 0.6 is 23.2 Å². The molecular formula is C13H11Cl2FN2O2S. The number of nitrogens with two attached hydrogens (primary N) is 1. The molecule has 0 aliphatic heterocycles. The van der Waals surface area contributed by atoms with Crippen LogP contribution < -0.4 is 10.5 Å². The van der Waals surface area contributed by atoms with Crippen molar-refractivity contribution in [2.75, 3.05) is 4.72 Å². The number of hydrogen-bond donors (Lipinski definition) is 2. The minimum atomic E-state index is -3.92. The minimum absolute atomic E-state index is 0.0346. The van der Waals surface area contributed by atoms with Gasteiger partial charge in [-0.05, 0) is 42.0 Å². The molecule has 0 atom stereocenters. The molecule has 3 N–H and O–H groups in total. The third-order valence-corrected chi connectivity index (χ3v) is 4.78. The van der Waals surface area contributed by atoms with Crippen LogP contribution in [0.25, 0.3) is 0 Å². The van der Waals surface area contributed by atoms with Crippen LogP contribution in [0.3, 0.4) is 0 Å². The molecular weight excluding hydrogens is 338 g/mol. The Morgan fingerprint density at radius 2 is 1.76 bits per heavy atom. The van der Waals surface area contributed by atoms with E-state index < -0.39 is 15.8 Å². The van der Waals surface area contributed by atoms with Crippen LogP contribution in [0, 0.1) is 5.82 Å². The Bertz CT molecular complexity index is 782. The Labute approximate surface area is 131 Å². The topological polar surface area (TPSA) is 72.2 Å². The van der Waals surface area contributed by atoms with E-state index >= 15 is 0 Å². The number of rotatable bonds is 4. The van der Waals surface area contributed by atoms with E-state index in [4.69, 9.17) is 28.9 Å². The van der Waals surface area contributed by atoms with Gasteiger partial charge in [-0.25, -0.2) is 12.8 Å². The minimum Gasteiger partial charge on any atom is -0.326 e. The molecule has 0 aliphatic rings. The Hall–Kier alpha value is -1.34. The van der Waals surface area contributed by atoms with Crippen molar-refractivity contribution in [3.63, 3.8) is 0 Å². The summed E-state index contributed by atoms with van der Waals surface area (Å²) in [6.45, 7) is 0.100. The summed E-state index contributed by atoms with van der Waals surface area (Å²) in [5, 5.41) is 0.466. The molecule has 4 nitrogen and oxygen atoms in total. The third kappa shape index (κ3) is 3.65. The zero-order chi connectivity index (χ0) is 15.6. The van der Waals surface area contributed by atoms with E-state index in [-0.39, 0.29) is 22.2 Å². The molecule has 0 heterocycles. The third-order valence-electron chi connectivity index (χ3n) is 2.72. The molecule has 0 amide bonds. The number of sulfonamides is 1. The van der Waals surface area contributed by atoms with Gasteiger partial charge in [0.15, 0.2) is 0 Å². The number of nitrogens with one attached hydrogen (secondary N) is 1. The summed E-state index contributed by atoms with van der Waals surface area (Å²) in [6, 6.07) is 7.52. The lowest BCUT2D eigenvalue weighted by Gasteiger charge is -2.11. The molecule has 0 aromatic heterocycles. The lowest BCUT2D eigenvalue weighted by atomic mass is 10.2. The van der Waals surface area contributed by atoms with Gasteiger partial charge in [-0.15, -0.1) is 0 Å². The molecule has 0 saturated carbocycles. The fraction of sp³-hybridized carbons (Fsp3) is 0.0769. The highest BCUT2D eigenvalue weighted by Gasteiger charge is 2.17. The summed E-state index contributed by atoms with van der Waals surface area (Å²) < 4.78 is 39.9. The van der Waals surface area contributed by atoms with E-state index in [9.17, 15) is 12.8 Å². The normalized spacial score (nSPS) is 11.4. The predicted molar refractivity (Wildman–Crippen MR) is 81.6 cm³/mol. The van der Waals surface area contributed by atoms with E-state index in [2.05, 4.69) is 4.72 Å². The van der Waals surface area contributed by atoms with Gasteiger partial charge in [0.1, 0.15) is 5.82 Å². The SMILES string of the molecule is NCc1cc(S(=O)(=O)Nc2cc(F)ccc2Cl)ccc1Cl. The molecule has 21 heavy (non-hydrogen) atoms. The van der Waals surface area contributed by atoms with Crippen molar-refractivity contribution >= 4 is 38.9 Å². The van der Waals surface area contributed by atoms with Gasteiger partial charge in [0, 0.05) is 11.6 Å². The van der Waals surface area contributed by atoms with Gasteiger partial charge in [0.05, 0.1) is 15.6 Å². The van der Waals surface area contributed by atoms with Crippen molar-refractivity contribution in [2.24, 2.45) is 5.73 Å². The molecule has 0 spiro atoms. The second-order valence-corrected chi connectivity index (χ2v) is 6.68. The molecule has 0 unspecified atom stereocenters. The number of halogens is 3. The smallest absolute Gasteiger partial charge is 0.261 e. The van der Waals surface area contributed by atoms with E-state index in [1.54, 1.807) is 0 Å². The molecule has 2 aromatic rings. The second kappa shape index (κ2) is 6.19. The van der Waals surface area contributed by atoms with E-state index in [0.29, 0.717) is 10.6 Å². The van der Waals surface area contributed by atoms with Crippen molar-refractivity contribution in [3.05, 3.63) is 57.8 Å². The highest BCUT2D eigenvalue weighted by Crippen LogP contribution is 2.26. The molecule has 0 fully saturated rings. The summed E-state index contributed by atoms with van der Waals surface area (Å²) in [6.07, 6.45) is 0. The van der Waals surface area contributed by atoms with E-state index in [1.807, 2.05) is 0 Å². The fourth-order valence-corrected chi connectivity index (χ4v) is 3.19. The van der Waals surface area contributed by atoms with Gasteiger partial charge < -0.3 is 5.73 Å². The van der Waals surface area contributed by atoms with Crippen molar-refractivity contribution < 1.29 is 12.8 Å². The quantitative estimate of drug-likeness (QED) is 0.889. The van der Waals surface area contributed by atoms with Crippen LogP contribution in [0.1, 0.15) is 5.56 Å². The van der Waals surface area contributed by atoms with E-state index in [0.717, 1.165) is 12.1 Å². The van der Waals surface area contributed by atoms with Crippen LogP contribution in [0.5, 0.6) is 0 Å². The first-order valence-electron chi connectivity index (χ1n) is 5.80. The van der Waals surface area contributed by atoms with Gasteiger partial charge in [-0.2, -0.15) is 0 Å². The van der Waals surface area contributed by atoms with Gasteiger partial charge in [-0.3, -0.25) is 4.72 Å². The molecule has 8 heteroatoms. The average molecular weight is 349 g/mol. The van der Waals surface area contributed by atoms with Crippen LogP contribution in [-0.4, -0.2) is 8.42 Å². The Kier molecular flexibility index (Phi) is 4.73. The fourth-order valence-electron chi connectivity index (χ4n) is 1.65. The summed E-state index contributed by atoms with van der Waals surface area (Å²) in [4.78, 5) is -0.0346. The molecule has 2 aromatic carbocycles. The van der Waals surface area contributed by atoms with Gasteiger partial charge in [-0.1, -0.05) is 23.2 Å². The van der Waals surface area contributed by atoms with Crippen molar-refractivity contribution in [3.8, 4) is 0 Å². The maximum absolute atomic E-state index is 13.2. The van der Waals surface area contributed by atoms with E-state index in [1.165, 1.54) is 24.3 Å².